The molecule has 1 saturated heterocycles. The van der Waals surface area contributed by atoms with E-state index in [-0.39, 0.29) is 5.91 Å². The number of benzene rings is 1. The Hall–Kier alpha value is -2.01. The number of aromatic nitrogens is 2. The van der Waals surface area contributed by atoms with Gasteiger partial charge in [0.15, 0.2) is 0 Å². The number of carbonyl (C=O) groups excluding carboxylic acids is 1. The Kier molecular flexibility index (Phi) is 5.63. The SMILES string of the molecule is CCCc1cc(C(=O)NC[C@H]2CCN(c3cccc(Cl)c3)C2)n(C)n1. The number of rotatable bonds is 6. The Bertz CT molecular complexity index is 743. The lowest BCUT2D eigenvalue weighted by Crippen LogP contribution is -2.32. The molecular formula is C19H25ClN4O. The molecule has 1 aliphatic rings. The molecule has 1 aromatic heterocycles. The maximum atomic E-state index is 12.4. The van der Waals surface area contributed by atoms with Gasteiger partial charge in [-0.2, -0.15) is 5.10 Å². The van der Waals surface area contributed by atoms with Crippen molar-refractivity contribution in [1.82, 2.24) is 15.1 Å². The number of anilines is 1. The second-order valence-electron chi connectivity index (χ2n) is 6.69. The Morgan fingerprint density at radius 2 is 2.24 bits per heavy atom. The molecule has 2 aromatic rings. The number of hydrogen-bond donors (Lipinski definition) is 1. The smallest absolute Gasteiger partial charge is 0.269 e. The van der Waals surface area contributed by atoms with Gasteiger partial charge in [-0.25, -0.2) is 0 Å². The molecule has 5 nitrogen and oxygen atoms in total. The highest BCUT2D eigenvalue weighted by molar-refractivity contribution is 6.30. The van der Waals surface area contributed by atoms with Crippen LogP contribution in [-0.2, 0) is 13.5 Å². The van der Waals surface area contributed by atoms with Gasteiger partial charge in [0, 0.05) is 37.4 Å². The summed E-state index contributed by atoms with van der Waals surface area (Å²) < 4.78 is 1.67. The van der Waals surface area contributed by atoms with Crippen molar-refractivity contribution >= 4 is 23.2 Å². The standard InChI is InChI=1S/C19H25ClN4O/c1-3-5-16-11-18(23(2)22-16)19(25)21-12-14-8-9-24(13-14)17-7-4-6-15(20)10-17/h4,6-7,10-11,14H,3,5,8-9,12-13H2,1-2H3,(H,21,25)/t14-/m1/s1. The van der Waals surface area contributed by atoms with Crippen molar-refractivity contribution in [2.24, 2.45) is 13.0 Å². The van der Waals surface area contributed by atoms with Crippen LogP contribution in [0.15, 0.2) is 30.3 Å². The van der Waals surface area contributed by atoms with E-state index in [1.807, 2.05) is 31.3 Å². The summed E-state index contributed by atoms with van der Waals surface area (Å²) in [6.45, 7) is 4.73. The second kappa shape index (κ2) is 7.91. The van der Waals surface area contributed by atoms with E-state index in [1.165, 1.54) is 0 Å². The minimum absolute atomic E-state index is 0.0430. The number of hydrogen-bond acceptors (Lipinski definition) is 3. The van der Waals surface area contributed by atoms with Crippen LogP contribution in [0.2, 0.25) is 5.02 Å². The molecule has 1 aromatic carbocycles. The molecule has 1 N–H and O–H groups in total. The van der Waals surface area contributed by atoms with Crippen LogP contribution in [0.3, 0.4) is 0 Å². The minimum atomic E-state index is -0.0430. The van der Waals surface area contributed by atoms with Crippen LogP contribution in [0.1, 0.15) is 35.9 Å². The fraction of sp³-hybridized carbons (Fsp3) is 0.474. The average molecular weight is 361 g/mol. The van der Waals surface area contributed by atoms with Crippen LogP contribution in [0.5, 0.6) is 0 Å². The molecule has 2 heterocycles. The van der Waals surface area contributed by atoms with E-state index >= 15 is 0 Å². The Morgan fingerprint density at radius 3 is 3.00 bits per heavy atom. The van der Waals surface area contributed by atoms with Crippen molar-refractivity contribution in [2.75, 3.05) is 24.5 Å². The van der Waals surface area contributed by atoms with E-state index in [2.05, 4.69) is 28.3 Å². The molecule has 25 heavy (non-hydrogen) atoms. The summed E-state index contributed by atoms with van der Waals surface area (Å²) in [5, 5.41) is 8.22. The molecule has 0 saturated carbocycles. The highest BCUT2D eigenvalue weighted by atomic mass is 35.5. The second-order valence-corrected chi connectivity index (χ2v) is 7.12. The van der Waals surface area contributed by atoms with Crippen LogP contribution in [0.4, 0.5) is 5.69 Å². The van der Waals surface area contributed by atoms with Gasteiger partial charge in [0.1, 0.15) is 5.69 Å². The summed E-state index contributed by atoms with van der Waals surface area (Å²) in [6, 6.07) is 9.83. The van der Waals surface area contributed by atoms with E-state index in [4.69, 9.17) is 11.6 Å². The number of aryl methyl sites for hydroxylation is 2. The van der Waals surface area contributed by atoms with Crippen molar-refractivity contribution in [3.05, 3.63) is 46.7 Å². The van der Waals surface area contributed by atoms with Crippen molar-refractivity contribution in [2.45, 2.75) is 26.2 Å². The molecule has 0 spiro atoms. The van der Waals surface area contributed by atoms with Crippen LogP contribution in [-0.4, -0.2) is 35.3 Å². The fourth-order valence-electron chi connectivity index (χ4n) is 3.35. The minimum Gasteiger partial charge on any atom is -0.371 e. The Balaban J connectivity index is 1.53. The molecule has 1 fully saturated rings. The molecule has 3 rings (SSSR count). The van der Waals surface area contributed by atoms with E-state index < -0.39 is 0 Å². The van der Waals surface area contributed by atoms with Gasteiger partial charge < -0.3 is 10.2 Å². The molecule has 0 unspecified atom stereocenters. The first-order valence-electron chi connectivity index (χ1n) is 8.88. The van der Waals surface area contributed by atoms with Gasteiger partial charge in [-0.1, -0.05) is 31.0 Å². The van der Waals surface area contributed by atoms with Crippen LogP contribution in [0, 0.1) is 5.92 Å². The summed E-state index contributed by atoms with van der Waals surface area (Å²) in [6.07, 6.45) is 3.00. The topological polar surface area (TPSA) is 50.2 Å². The third kappa shape index (κ3) is 4.34. The lowest BCUT2D eigenvalue weighted by Gasteiger charge is -2.19. The summed E-state index contributed by atoms with van der Waals surface area (Å²) >= 11 is 6.08. The predicted molar refractivity (Wildman–Crippen MR) is 101 cm³/mol. The van der Waals surface area contributed by atoms with E-state index in [9.17, 15) is 4.79 Å². The summed E-state index contributed by atoms with van der Waals surface area (Å²) in [5.74, 6) is 0.407. The molecule has 0 radical (unpaired) electrons. The summed E-state index contributed by atoms with van der Waals surface area (Å²) in [5.41, 5.74) is 2.76. The lowest BCUT2D eigenvalue weighted by atomic mass is 10.1. The predicted octanol–water partition coefficient (Wildman–Crippen LogP) is 3.28. The number of carbonyl (C=O) groups is 1. The van der Waals surface area contributed by atoms with E-state index in [1.54, 1.807) is 4.68 Å². The molecular weight excluding hydrogens is 336 g/mol. The zero-order chi connectivity index (χ0) is 17.8. The third-order valence-electron chi connectivity index (χ3n) is 4.68. The maximum absolute atomic E-state index is 12.4. The molecule has 1 aliphatic heterocycles. The van der Waals surface area contributed by atoms with Gasteiger partial charge >= 0.3 is 0 Å². The first kappa shape index (κ1) is 17.8. The molecule has 1 amide bonds. The highest BCUT2D eigenvalue weighted by Gasteiger charge is 2.24. The van der Waals surface area contributed by atoms with Gasteiger partial charge in [-0.15, -0.1) is 0 Å². The van der Waals surface area contributed by atoms with Crippen LogP contribution >= 0.6 is 11.6 Å². The molecule has 134 valence electrons. The molecule has 1 atom stereocenters. The average Bonchev–Trinajstić information content (AvgIpc) is 3.20. The third-order valence-corrected chi connectivity index (χ3v) is 4.91. The zero-order valence-corrected chi connectivity index (χ0v) is 15.6. The van der Waals surface area contributed by atoms with Crippen molar-refractivity contribution in [3.8, 4) is 0 Å². The van der Waals surface area contributed by atoms with Gasteiger partial charge in [-0.3, -0.25) is 9.48 Å². The Labute approximate surface area is 154 Å². The maximum Gasteiger partial charge on any atom is 0.269 e. The van der Waals surface area contributed by atoms with Gasteiger partial charge in [-0.05, 0) is 43.0 Å². The van der Waals surface area contributed by atoms with Crippen LogP contribution in [0.25, 0.3) is 0 Å². The Morgan fingerprint density at radius 1 is 1.40 bits per heavy atom. The van der Waals surface area contributed by atoms with Crippen molar-refractivity contribution < 1.29 is 4.79 Å². The monoisotopic (exact) mass is 360 g/mol. The van der Waals surface area contributed by atoms with Crippen molar-refractivity contribution in [3.63, 3.8) is 0 Å². The highest BCUT2D eigenvalue weighted by Crippen LogP contribution is 2.25. The number of nitrogens with one attached hydrogen (secondary N) is 1. The number of nitrogens with zero attached hydrogens (tertiary/aromatic N) is 3. The quantitative estimate of drug-likeness (QED) is 0.860. The molecule has 0 aliphatic carbocycles. The van der Waals surface area contributed by atoms with Crippen LogP contribution < -0.4 is 10.2 Å². The lowest BCUT2D eigenvalue weighted by molar-refractivity contribution is 0.0939. The first-order valence-corrected chi connectivity index (χ1v) is 9.26. The number of amides is 1. The molecule has 0 bridgehead atoms. The fourth-order valence-corrected chi connectivity index (χ4v) is 3.54. The van der Waals surface area contributed by atoms with Gasteiger partial charge in [0.25, 0.3) is 5.91 Å². The number of halogens is 1. The molecule has 6 heteroatoms. The van der Waals surface area contributed by atoms with Gasteiger partial charge in [0.2, 0.25) is 0 Å². The normalized spacial score (nSPS) is 17.1. The summed E-state index contributed by atoms with van der Waals surface area (Å²) in [7, 11) is 1.82. The van der Waals surface area contributed by atoms with E-state index in [0.717, 1.165) is 48.8 Å². The largest absolute Gasteiger partial charge is 0.371 e. The summed E-state index contributed by atoms with van der Waals surface area (Å²) in [4.78, 5) is 14.8. The first-order chi connectivity index (χ1) is 12.1. The van der Waals surface area contributed by atoms with Crippen molar-refractivity contribution in [1.29, 1.82) is 0 Å². The van der Waals surface area contributed by atoms with E-state index in [0.29, 0.717) is 18.2 Å². The van der Waals surface area contributed by atoms with Gasteiger partial charge in [0.05, 0.1) is 5.69 Å². The zero-order valence-electron chi connectivity index (χ0n) is 14.8.